The third kappa shape index (κ3) is 2.80. The van der Waals surface area contributed by atoms with Gasteiger partial charge < -0.3 is 10.6 Å². The second kappa shape index (κ2) is 5.22. The molecule has 2 heterocycles. The highest BCUT2D eigenvalue weighted by Crippen LogP contribution is 2.27. The second-order valence-electron chi connectivity index (χ2n) is 5.40. The fraction of sp³-hybridized carbons (Fsp3) is 0.571. The molecule has 2 atom stereocenters. The quantitative estimate of drug-likeness (QED) is 0.833. The third-order valence-corrected chi connectivity index (χ3v) is 3.87. The molecule has 0 aliphatic carbocycles. The van der Waals surface area contributed by atoms with Crippen LogP contribution in [0.4, 0.5) is 5.82 Å². The van der Waals surface area contributed by atoms with Crippen LogP contribution in [-0.2, 0) is 0 Å². The number of nitrogens with two attached hydrogens (primary N) is 1. The number of hydrogen-bond donors (Lipinski definition) is 1. The molecule has 1 fully saturated rings. The first-order valence-electron chi connectivity index (χ1n) is 6.52. The summed E-state index contributed by atoms with van der Waals surface area (Å²) in [6.07, 6.45) is 2.52. The van der Waals surface area contributed by atoms with E-state index >= 15 is 0 Å². The molecule has 0 spiro atoms. The van der Waals surface area contributed by atoms with Gasteiger partial charge in [0.05, 0.1) is 0 Å². The van der Waals surface area contributed by atoms with Gasteiger partial charge in [-0.3, -0.25) is 0 Å². The van der Waals surface area contributed by atoms with E-state index in [1.165, 1.54) is 12.8 Å². The van der Waals surface area contributed by atoms with Crippen LogP contribution < -0.4 is 10.6 Å². The summed E-state index contributed by atoms with van der Waals surface area (Å²) in [7, 11) is 0. The Labute approximate surface area is 114 Å². The smallest absolute Gasteiger partial charge is 0.129 e. The molecule has 1 aromatic rings. The summed E-state index contributed by atoms with van der Waals surface area (Å²) in [5, 5.41) is 0. The topological polar surface area (TPSA) is 42.1 Å². The normalized spacial score (nSPS) is 24.1. The highest BCUT2D eigenvalue weighted by atomic mass is 32.1. The lowest BCUT2D eigenvalue weighted by molar-refractivity contribution is 0.388. The molecule has 1 aliphatic heterocycles. The van der Waals surface area contributed by atoms with E-state index in [2.05, 4.69) is 23.7 Å². The van der Waals surface area contributed by atoms with Crippen LogP contribution in [0.1, 0.15) is 37.9 Å². The van der Waals surface area contributed by atoms with Gasteiger partial charge in [-0.15, -0.1) is 0 Å². The summed E-state index contributed by atoms with van der Waals surface area (Å²) < 4.78 is 0. The summed E-state index contributed by atoms with van der Waals surface area (Å²) in [4.78, 5) is 7.46. The lowest BCUT2D eigenvalue weighted by atomic mass is 9.95. The Kier molecular flexibility index (Phi) is 3.85. The van der Waals surface area contributed by atoms with Gasteiger partial charge in [0.25, 0.3) is 0 Å². The molecule has 0 amide bonds. The largest absolute Gasteiger partial charge is 0.389 e. The van der Waals surface area contributed by atoms with Crippen molar-refractivity contribution >= 4 is 23.0 Å². The van der Waals surface area contributed by atoms with E-state index in [1.807, 2.05) is 19.1 Å². The molecule has 2 rings (SSSR count). The van der Waals surface area contributed by atoms with Crippen molar-refractivity contribution in [2.45, 2.75) is 39.7 Å². The third-order valence-electron chi connectivity index (χ3n) is 3.64. The van der Waals surface area contributed by atoms with Gasteiger partial charge in [0.1, 0.15) is 10.8 Å². The van der Waals surface area contributed by atoms with Crippen LogP contribution in [0.2, 0.25) is 0 Å². The van der Waals surface area contributed by atoms with Gasteiger partial charge in [-0.2, -0.15) is 0 Å². The molecule has 2 unspecified atom stereocenters. The van der Waals surface area contributed by atoms with Crippen molar-refractivity contribution in [2.75, 3.05) is 11.4 Å². The predicted molar refractivity (Wildman–Crippen MR) is 80.1 cm³/mol. The zero-order chi connectivity index (χ0) is 13.3. The van der Waals surface area contributed by atoms with Crippen molar-refractivity contribution in [2.24, 2.45) is 11.7 Å². The molecule has 0 bridgehead atoms. The minimum Gasteiger partial charge on any atom is -0.389 e. The number of aryl methyl sites for hydroxylation is 1. The number of pyridine rings is 1. The van der Waals surface area contributed by atoms with E-state index in [9.17, 15) is 0 Å². The molecule has 98 valence electrons. The van der Waals surface area contributed by atoms with Crippen LogP contribution in [-0.4, -0.2) is 22.6 Å². The van der Waals surface area contributed by atoms with Crippen molar-refractivity contribution in [1.82, 2.24) is 4.98 Å². The molecule has 4 heteroatoms. The first-order chi connectivity index (χ1) is 8.47. The molecule has 0 radical (unpaired) electrons. The SMILES string of the molecule is Cc1cc(C(N)=S)cc(N2CC(C)CCC2C)n1. The highest BCUT2D eigenvalue weighted by molar-refractivity contribution is 7.80. The van der Waals surface area contributed by atoms with Gasteiger partial charge >= 0.3 is 0 Å². The molecule has 1 aliphatic rings. The molecule has 2 N–H and O–H groups in total. The number of hydrogen-bond acceptors (Lipinski definition) is 3. The standard InChI is InChI=1S/C14H21N3S/c1-9-4-5-11(3)17(8-9)13-7-12(14(15)18)6-10(2)16-13/h6-7,9,11H,4-5,8H2,1-3H3,(H2,15,18). The lowest BCUT2D eigenvalue weighted by Gasteiger charge is -2.38. The summed E-state index contributed by atoms with van der Waals surface area (Å²) >= 11 is 5.07. The Hall–Kier alpha value is -1.16. The minimum absolute atomic E-state index is 0.444. The average molecular weight is 263 g/mol. The molecular formula is C14H21N3S. The Bertz CT molecular complexity index is 458. The zero-order valence-corrected chi connectivity index (χ0v) is 12.1. The Morgan fingerprint density at radius 3 is 2.78 bits per heavy atom. The van der Waals surface area contributed by atoms with E-state index in [0.29, 0.717) is 11.0 Å². The number of nitrogens with zero attached hydrogens (tertiary/aromatic N) is 2. The Morgan fingerprint density at radius 1 is 1.39 bits per heavy atom. The maximum atomic E-state index is 5.73. The van der Waals surface area contributed by atoms with Crippen LogP contribution in [0, 0.1) is 12.8 Å². The van der Waals surface area contributed by atoms with E-state index in [4.69, 9.17) is 18.0 Å². The van der Waals surface area contributed by atoms with E-state index in [0.717, 1.165) is 29.5 Å². The molecule has 18 heavy (non-hydrogen) atoms. The van der Waals surface area contributed by atoms with E-state index < -0.39 is 0 Å². The molecule has 0 aromatic carbocycles. The highest BCUT2D eigenvalue weighted by Gasteiger charge is 2.24. The molecule has 1 aromatic heterocycles. The molecule has 0 saturated carbocycles. The maximum absolute atomic E-state index is 5.73. The number of aromatic nitrogens is 1. The van der Waals surface area contributed by atoms with Crippen molar-refractivity contribution < 1.29 is 0 Å². The number of rotatable bonds is 2. The van der Waals surface area contributed by atoms with Crippen molar-refractivity contribution in [3.8, 4) is 0 Å². The number of piperidine rings is 1. The average Bonchev–Trinajstić information content (AvgIpc) is 2.31. The van der Waals surface area contributed by atoms with Crippen LogP contribution in [0.15, 0.2) is 12.1 Å². The van der Waals surface area contributed by atoms with Crippen molar-refractivity contribution in [1.29, 1.82) is 0 Å². The predicted octanol–water partition coefficient (Wildman–Crippen LogP) is 2.65. The van der Waals surface area contributed by atoms with E-state index in [-0.39, 0.29) is 0 Å². The molecular weight excluding hydrogens is 242 g/mol. The van der Waals surface area contributed by atoms with Gasteiger partial charge in [0.2, 0.25) is 0 Å². The van der Waals surface area contributed by atoms with Crippen LogP contribution >= 0.6 is 12.2 Å². The van der Waals surface area contributed by atoms with Crippen LogP contribution in [0.25, 0.3) is 0 Å². The number of anilines is 1. The van der Waals surface area contributed by atoms with Crippen LogP contribution in [0.3, 0.4) is 0 Å². The summed E-state index contributed by atoms with van der Waals surface area (Å²) in [6, 6.07) is 4.50. The Balaban J connectivity index is 2.34. The van der Waals surface area contributed by atoms with Gasteiger partial charge in [0, 0.05) is 23.8 Å². The zero-order valence-electron chi connectivity index (χ0n) is 11.3. The maximum Gasteiger partial charge on any atom is 0.129 e. The van der Waals surface area contributed by atoms with Crippen LogP contribution in [0.5, 0.6) is 0 Å². The van der Waals surface area contributed by atoms with Gasteiger partial charge in [0.15, 0.2) is 0 Å². The minimum atomic E-state index is 0.444. The van der Waals surface area contributed by atoms with Crippen molar-refractivity contribution in [3.63, 3.8) is 0 Å². The summed E-state index contributed by atoms with van der Waals surface area (Å²) in [5.41, 5.74) is 7.62. The first-order valence-corrected chi connectivity index (χ1v) is 6.93. The molecule has 1 saturated heterocycles. The molecule has 3 nitrogen and oxygen atoms in total. The fourth-order valence-electron chi connectivity index (χ4n) is 2.55. The second-order valence-corrected chi connectivity index (χ2v) is 5.84. The summed E-state index contributed by atoms with van der Waals surface area (Å²) in [6.45, 7) is 7.61. The van der Waals surface area contributed by atoms with Gasteiger partial charge in [-0.25, -0.2) is 4.98 Å². The number of thiocarbonyl (C=S) groups is 1. The van der Waals surface area contributed by atoms with E-state index in [1.54, 1.807) is 0 Å². The summed E-state index contributed by atoms with van der Waals surface area (Å²) in [5.74, 6) is 1.73. The fourth-order valence-corrected chi connectivity index (χ4v) is 2.67. The monoisotopic (exact) mass is 263 g/mol. The Morgan fingerprint density at radius 2 is 2.11 bits per heavy atom. The van der Waals surface area contributed by atoms with Gasteiger partial charge in [-0.05, 0) is 44.7 Å². The first kappa shape index (κ1) is 13.3. The lowest BCUT2D eigenvalue weighted by Crippen LogP contribution is -2.41. The van der Waals surface area contributed by atoms with Gasteiger partial charge in [-0.1, -0.05) is 19.1 Å². The van der Waals surface area contributed by atoms with Crippen molar-refractivity contribution in [3.05, 3.63) is 23.4 Å².